The second-order valence-electron chi connectivity index (χ2n) is 5.05. The zero-order valence-corrected chi connectivity index (χ0v) is 12.2. The van der Waals surface area contributed by atoms with Gasteiger partial charge in [0, 0.05) is 12.2 Å². The fourth-order valence-electron chi connectivity index (χ4n) is 2.06. The monoisotopic (exact) mass is 258 g/mol. The summed E-state index contributed by atoms with van der Waals surface area (Å²) in [6, 6.07) is 8.66. The van der Waals surface area contributed by atoms with E-state index in [2.05, 4.69) is 51.0 Å². The van der Waals surface area contributed by atoms with Crippen LogP contribution in [0.4, 0.5) is 0 Å². The molecule has 1 aromatic heterocycles. The number of nitrogens with zero attached hydrogens (tertiary/aromatic N) is 2. The van der Waals surface area contributed by atoms with Crippen molar-refractivity contribution in [2.75, 3.05) is 0 Å². The van der Waals surface area contributed by atoms with E-state index in [1.165, 1.54) is 11.1 Å². The van der Waals surface area contributed by atoms with Crippen molar-refractivity contribution in [1.29, 1.82) is 0 Å². The molecule has 0 N–H and O–H groups in total. The molecular formula is C16H22N2O. The first-order chi connectivity index (χ1) is 9.11. The first kappa shape index (κ1) is 13.7. The summed E-state index contributed by atoms with van der Waals surface area (Å²) in [5.74, 6) is 0.973. The van der Waals surface area contributed by atoms with E-state index in [0.29, 0.717) is 12.6 Å². The molecule has 0 aliphatic rings. The van der Waals surface area contributed by atoms with Gasteiger partial charge in [-0.2, -0.15) is 5.10 Å². The summed E-state index contributed by atoms with van der Waals surface area (Å²) in [5, 5.41) is 4.55. The number of aromatic nitrogens is 2. The lowest BCUT2D eigenvalue weighted by Gasteiger charge is -2.11. The number of para-hydroxylation sites is 1. The summed E-state index contributed by atoms with van der Waals surface area (Å²) in [4.78, 5) is 0. The van der Waals surface area contributed by atoms with Crippen LogP contribution in [-0.2, 0) is 6.61 Å². The Labute approximate surface area is 115 Å². The van der Waals surface area contributed by atoms with Crippen LogP contribution in [0, 0.1) is 13.8 Å². The van der Waals surface area contributed by atoms with Crippen molar-refractivity contribution in [1.82, 2.24) is 9.78 Å². The molecule has 0 saturated heterocycles. The molecule has 1 heterocycles. The number of hydrogen-bond acceptors (Lipinski definition) is 2. The van der Waals surface area contributed by atoms with Crippen LogP contribution in [0.3, 0.4) is 0 Å². The van der Waals surface area contributed by atoms with E-state index in [1.807, 2.05) is 16.9 Å². The van der Waals surface area contributed by atoms with Crippen LogP contribution in [0.2, 0.25) is 0 Å². The molecule has 3 nitrogen and oxygen atoms in total. The maximum atomic E-state index is 5.90. The van der Waals surface area contributed by atoms with Gasteiger partial charge in [-0.05, 0) is 44.4 Å². The Bertz CT molecular complexity index is 525. The van der Waals surface area contributed by atoms with Gasteiger partial charge in [0.2, 0.25) is 0 Å². The summed E-state index contributed by atoms with van der Waals surface area (Å²) in [6.07, 6.45) is 3.11. The molecule has 1 atom stereocenters. The van der Waals surface area contributed by atoms with Gasteiger partial charge in [-0.3, -0.25) is 4.68 Å². The molecule has 0 spiro atoms. The van der Waals surface area contributed by atoms with Crippen molar-refractivity contribution in [3.05, 3.63) is 47.3 Å². The van der Waals surface area contributed by atoms with Crippen molar-refractivity contribution >= 4 is 0 Å². The lowest BCUT2D eigenvalue weighted by molar-refractivity contribution is 0.294. The average Bonchev–Trinajstić information content (AvgIpc) is 2.86. The average molecular weight is 258 g/mol. The molecule has 0 saturated carbocycles. The molecule has 0 radical (unpaired) electrons. The van der Waals surface area contributed by atoms with Crippen LogP contribution < -0.4 is 4.74 Å². The Morgan fingerprint density at radius 3 is 2.53 bits per heavy atom. The standard InChI is InChI=1S/C16H22N2O/c1-5-14(4)18-10-9-15(17-18)11-19-16-12(2)7-6-8-13(16)3/h6-10,14H,5,11H2,1-4H3. The smallest absolute Gasteiger partial charge is 0.132 e. The van der Waals surface area contributed by atoms with E-state index in [4.69, 9.17) is 4.74 Å². The van der Waals surface area contributed by atoms with Crippen LogP contribution in [-0.4, -0.2) is 9.78 Å². The molecule has 2 aromatic rings. The molecule has 0 amide bonds. The molecular weight excluding hydrogens is 236 g/mol. The highest BCUT2D eigenvalue weighted by molar-refractivity contribution is 5.39. The SMILES string of the molecule is CCC(C)n1ccc(COc2c(C)cccc2C)n1. The van der Waals surface area contributed by atoms with E-state index in [1.54, 1.807) is 0 Å². The van der Waals surface area contributed by atoms with Gasteiger partial charge in [0.05, 0.1) is 5.69 Å². The minimum absolute atomic E-state index is 0.439. The van der Waals surface area contributed by atoms with Crippen LogP contribution in [0.1, 0.15) is 43.1 Å². The first-order valence-corrected chi connectivity index (χ1v) is 6.85. The summed E-state index contributed by atoms with van der Waals surface area (Å²) in [7, 11) is 0. The zero-order valence-electron chi connectivity index (χ0n) is 12.2. The molecule has 3 heteroatoms. The molecule has 102 valence electrons. The maximum Gasteiger partial charge on any atom is 0.132 e. The van der Waals surface area contributed by atoms with Crippen LogP contribution >= 0.6 is 0 Å². The summed E-state index contributed by atoms with van der Waals surface area (Å²) in [6.45, 7) is 9.00. The topological polar surface area (TPSA) is 27.1 Å². The van der Waals surface area contributed by atoms with Gasteiger partial charge in [-0.1, -0.05) is 25.1 Å². The quantitative estimate of drug-likeness (QED) is 0.809. The maximum absolute atomic E-state index is 5.90. The third-order valence-corrected chi connectivity index (χ3v) is 3.48. The minimum atomic E-state index is 0.439. The number of benzene rings is 1. The predicted molar refractivity (Wildman–Crippen MR) is 77.5 cm³/mol. The Kier molecular flexibility index (Phi) is 4.25. The van der Waals surface area contributed by atoms with Crippen LogP contribution in [0.25, 0.3) is 0 Å². The van der Waals surface area contributed by atoms with Crippen LogP contribution in [0.15, 0.2) is 30.5 Å². The Balaban J connectivity index is 2.05. The van der Waals surface area contributed by atoms with E-state index in [9.17, 15) is 0 Å². The molecule has 0 aliphatic heterocycles. The molecule has 0 fully saturated rings. The predicted octanol–water partition coefficient (Wildman–Crippen LogP) is 4.05. The Morgan fingerprint density at radius 2 is 1.89 bits per heavy atom. The molecule has 1 unspecified atom stereocenters. The van der Waals surface area contributed by atoms with Crippen molar-refractivity contribution < 1.29 is 4.74 Å². The highest BCUT2D eigenvalue weighted by Gasteiger charge is 2.07. The lowest BCUT2D eigenvalue weighted by atomic mass is 10.1. The van der Waals surface area contributed by atoms with Crippen molar-refractivity contribution in [2.45, 2.75) is 46.8 Å². The number of rotatable bonds is 5. The second-order valence-corrected chi connectivity index (χ2v) is 5.05. The first-order valence-electron chi connectivity index (χ1n) is 6.85. The minimum Gasteiger partial charge on any atom is -0.487 e. The molecule has 19 heavy (non-hydrogen) atoms. The fraction of sp³-hybridized carbons (Fsp3) is 0.438. The van der Waals surface area contributed by atoms with Gasteiger partial charge in [-0.25, -0.2) is 0 Å². The number of hydrogen-bond donors (Lipinski definition) is 0. The van der Waals surface area contributed by atoms with Crippen LogP contribution in [0.5, 0.6) is 5.75 Å². The van der Waals surface area contributed by atoms with Crippen molar-refractivity contribution in [2.24, 2.45) is 0 Å². The summed E-state index contributed by atoms with van der Waals surface area (Å²) in [5.41, 5.74) is 3.31. The van der Waals surface area contributed by atoms with Gasteiger partial charge in [0.25, 0.3) is 0 Å². The fourth-order valence-corrected chi connectivity index (χ4v) is 2.06. The van der Waals surface area contributed by atoms with Gasteiger partial charge < -0.3 is 4.74 Å². The van der Waals surface area contributed by atoms with E-state index in [-0.39, 0.29) is 0 Å². The summed E-state index contributed by atoms with van der Waals surface area (Å²) < 4.78 is 7.91. The Hall–Kier alpha value is -1.77. The number of ether oxygens (including phenoxy) is 1. The Morgan fingerprint density at radius 1 is 1.21 bits per heavy atom. The van der Waals surface area contributed by atoms with E-state index in [0.717, 1.165) is 17.9 Å². The number of aryl methyl sites for hydroxylation is 2. The summed E-state index contributed by atoms with van der Waals surface area (Å²) >= 11 is 0. The highest BCUT2D eigenvalue weighted by Crippen LogP contribution is 2.23. The normalized spacial score (nSPS) is 12.4. The molecule has 1 aromatic carbocycles. The van der Waals surface area contributed by atoms with Gasteiger partial charge in [0.15, 0.2) is 0 Å². The van der Waals surface area contributed by atoms with Gasteiger partial charge in [0.1, 0.15) is 12.4 Å². The third kappa shape index (κ3) is 3.16. The van der Waals surface area contributed by atoms with Crippen molar-refractivity contribution in [3.8, 4) is 5.75 Å². The zero-order chi connectivity index (χ0) is 13.8. The van der Waals surface area contributed by atoms with E-state index < -0.39 is 0 Å². The second kappa shape index (κ2) is 5.91. The molecule has 0 bridgehead atoms. The van der Waals surface area contributed by atoms with E-state index >= 15 is 0 Å². The largest absolute Gasteiger partial charge is 0.487 e. The van der Waals surface area contributed by atoms with Gasteiger partial charge >= 0.3 is 0 Å². The molecule has 0 aliphatic carbocycles. The van der Waals surface area contributed by atoms with Gasteiger partial charge in [-0.15, -0.1) is 0 Å². The lowest BCUT2D eigenvalue weighted by Crippen LogP contribution is -2.06. The van der Waals surface area contributed by atoms with Crippen molar-refractivity contribution in [3.63, 3.8) is 0 Å². The third-order valence-electron chi connectivity index (χ3n) is 3.48. The molecule has 2 rings (SSSR count). The highest BCUT2D eigenvalue weighted by atomic mass is 16.5.